The van der Waals surface area contributed by atoms with Gasteiger partial charge in [-0.2, -0.15) is 0 Å². The number of hydrogen-bond donors (Lipinski definition) is 0. The first kappa shape index (κ1) is 12.8. The molecule has 1 rings (SSSR count). The molecular formula is C11H13BrO4. The van der Waals surface area contributed by atoms with E-state index in [1.54, 1.807) is 32.2 Å². The van der Waals surface area contributed by atoms with Gasteiger partial charge in [-0.3, -0.25) is 0 Å². The van der Waals surface area contributed by atoms with Crippen molar-refractivity contribution in [1.82, 2.24) is 0 Å². The number of ether oxygens (including phenoxy) is 3. The van der Waals surface area contributed by atoms with Crippen LogP contribution in [0.3, 0.4) is 0 Å². The molecule has 0 radical (unpaired) electrons. The molecule has 0 aliphatic rings. The van der Waals surface area contributed by atoms with Gasteiger partial charge in [-0.15, -0.1) is 0 Å². The van der Waals surface area contributed by atoms with Gasteiger partial charge in [0.2, 0.25) is 0 Å². The highest BCUT2D eigenvalue weighted by Crippen LogP contribution is 2.28. The van der Waals surface area contributed by atoms with Gasteiger partial charge < -0.3 is 14.2 Å². The van der Waals surface area contributed by atoms with Crippen LogP contribution in [0.2, 0.25) is 0 Å². The minimum atomic E-state index is -0.385. The van der Waals surface area contributed by atoms with Gasteiger partial charge in [0.15, 0.2) is 6.61 Å². The van der Waals surface area contributed by atoms with Gasteiger partial charge in [-0.1, -0.05) is 0 Å². The first-order valence-electron chi connectivity index (χ1n) is 4.79. The van der Waals surface area contributed by atoms with Crippen molar-refractivity contribution in [3.63, 3.8) is 0 Å². The van der Waals surface area contributed by atoms with Crippen molar-refractivity contribution in [2.75, 3.05) is 20.3 Å². The fourth-order valence-electron chi connectivity index (χ4n) is 1.07. The number of halogens is 1. The lowest BCUT2D eigenvalue weighted by Crippen LogP contribution is -2.14. The van der Waals surface area contributed by atoms with Crippen molar-refractivity contribution >= 4 is 21.9 Å². The molecule has 0 saturated heterocycles. The Morgan fingerprint density at radius 2 is 2.19 bits per heavy atom. The second-order valence-corrected chi connectivity index (χ2v) is 3.74. The smallest absolute Gasteiger partial charge is 0.344 e. The van der Waals surface area contributed by atoms with Gasteiger partial charge in [0.25, 0.3) is 0 Å². The van der Waals surface area contributed by atoms with Crippen LogP contribution < -0.4 is 9.47 Å². The number of carbonyl (C=O) groups is 1. The van der Waals surface area contributed by atoms with Crippen LogP contribution in [0.15, 0.2) is 22.7 Å². The number of methoxy groups -OCH3 is 1. The van der Waals surface area contributed by atoms with E-state index in [-0.39, 0.29) is 12.6 Å². The minimum absolute atomic E-state index is 0.0986. The molecule has 0 aliphatic heterocycles. The molecule has 16 heavy (non-hydrogen) atoms. The van der Waals surface area contributed by atoms with Crippen LogP contribution in [0.5, 0.6) is 11.5 Å². The number of hydrogen-bond acceptors (Lipinski definition) is 4. The molecule has 4 nitrogen and oxygen atoms in total. The standard InChI is InChI=1S/C11H13BrO4/c1-3-15-11(13)7-16-8-4-5-9(12)10(6-8)14-2/h4-6H,3,7H2,1-2H3. The molecule has 1 aromatic carbocycles. The van der Waals surface area contributed by atoms with Crippen molar-refractivity contribution < 1.29 is 19.0 Å². The number of carbonyl (C=O) groups excluding carboxylic acids is 1. The van der Waals surface area contributed by atoms with Gasteiger partial charge in [-0.05, 0) is 35.0 Å². The zero-order valence-electron chi connectivity index (χ0n) is 9.16. The topological polar surface area (TPSA) is 44.8 Å². The highest BCUT2D eigenvalue weighted by atomic mass is 79.9. The van der Waals surface area contributed by atoms with Crippen LogP contribution in [0.4, 0.5) is 0 Å². The Morgan fingerprint density at radius 1 is 1.44 bits per heavy atom. The Labute approximate surface area is 103 Å². The molecular weight excluding hydrogens is 276 g/mol. The normalized spacial score (nSPS) is 9.69. The van der Waals surface area contributed by atoms with E-state index in [2.05, 4.69) is 15.9 Å². The lowest BCUT2D eigenvalue weighted by Gasteiger charge is -2.08. The number of rotatable bonds is 5. The molecule has 0 aliphatic carbocycles. The Morgan fingerprint density at radius 3 is 2.81 bits per heavy atom. The number of benzene rings is 1. The third-order valence-corrected chi connectivity index (χ3v) is 2.44. The third-order valence-electron chi connectivity index (χ3n) is 1.78. The van der Waals surface area contributed by atoms with E-state index >= 15 is 0 Å². The van der Waals surface area contributed by atoms with Crippen LogP contribution >= 0.6 is 15.9 Å². The Balaban J connectivity index is 2.57. The van der Waals surface area contributed by atoms with E-state index in [0.29, 0.717) is 18.1 Å². The predicted molar refractivity (Wildman–Crippen MR) is 62.8 cm³/mol. The zero-order valence-corrected chi connectivity index (χ0v) is 10.7. The summed E-state index contributed by atoms with van der Waals surface area (Å²) >= 11 is 3.32. The molecule has 0 bridgehead atoms. The molecule has 0 aromatic heterocycles. The first-order valence-corrected chi connectivity index (χ1v) is 5.58. The highest BCUT2D eigenvalue weighted by molar-refractivity contribution is 9.10. The summed E-state index contributed by atoms with van der Waals surface area (Å²) in [4.78, 5) is 11.1. The van der Waals surface area contributed by atoms with E-state index in [1.165, 1.54) is 0 Å². The Kier molecular flexibility index (Phi) is 5.11. The molecule has 1 aromatic rings. The summed E-state index contributed by atoms with van der Waals surface area (Å²) in [6, 6.07) is 5.23. The maximum absolute atomic E-state index is 11.1. The summed E-state index contributed by atoms with van der Waals surface area (Å²) in [5, 5.41) is 0. The van der Waals surface area contributed by atoms with Gasteiger partial charge in [-0.25, -0.2) is 4.79 Å². The van der Waals surface area contributed by atoms with Crippen LogP contribution in [0, 0.1) is 0 Å². The van der Waals surface area contributed by atoms with E-state index in [0.717, 1.165) is 4.47 Å². The fraction of sp³-hybridized carbons (Fsp3) is 0.364. The predicted octanol–water partition coefficient (Wildman–Crippen LogP) is 2.40. The minimum Gasteiger partial charge on any atom is -0.495 e. The average Bonchev–Trinajstić information content (AvgIpc) is 2.28. The summed E-state index contributed by atoms with van der Waals surface area (Å²) < 4.78 is 15.9. The van der Waals surface area contributed by atoms with Crippen molar-refractivity contribution in [2.45, 2.75) is 6.92 Å². The monoisotopic (exact) mass is 288 g/mol. The van der Waals surface area contributed by atoms with Gasteiger partial charge >= 0.3 is 5.97 Å². The molecule has 5 heteroatoms. The van der Waals surface area contributed by atoms with Crippen molar-refractivity contribution in [3.8, 4) is 11.5 Å². The van der Waals surface area contributed by atoms with E-state index in [9.17, 15) is 4.79 Å². The molecule has 0 atom stereocenters. The molecule has 0 N–H and O–H groups in total. The highest BCUT2D eigenvalue weighted by Gasteiger charge is 2.05. The second-order valence-electron chi connectivity index (χ2n) is 2.89. The summed E-state index contributed by atoms with van der Waals surface area (Å²) in [5.74, 6) is 0.832. The van der Waals surface area contributed by atoms with Crippen LogP contribution in [0.1, 0.15) is 6.92 Å². The zero-order chi connectivity index (χ0) is 12.0. The van der Waals surface area contributed by atoms with Gasteiger partial charge in [0.05, 0.1) is 18.2 Å². The molecule has 88 valence electrons. The summed E-state index contributed by atoms with van der Waals surface area (Å²) in [6.45, 7) is 2.00. The largest absolute Gasteiger partial charge is 0.495 e. The van der Waals surface area contributed by atoms with E-state index in [1.807, 2.05) is 0 Å². The SMILES string of the molecule is CCOC(=O)COc1ccc(Br)c(OC)c1. The average molecular weight is 289 g/mol. The fourth-order valence-corrected chi connectivity index (χ4v) is 1.48. The van der Waals surface area contributed by atoms with Gasteiger partial charge in [0, 0.05) is 6.07 Å². The summed E-state index contributed by atoms with van der Waals surface area (Å²) in [6.07, 6.45) is 0. The van der Waals surface area contributed by atoms with Gasteiger partial charge in [0.1, 0.15) is 11.5 Å². The lowest BCUT2D eigenvalue weighted by atomic mass is 10.3. The van der Waals surface area contributed by atoms with Crippen molar-refractivity contribution in [1.29, 1.82) is 0 Å². The van der Waals surface area contributed by atoms with Crippen LogP contribution in [0.25, 0.3) is 0 Å². The van der Waals surface area contributed by atoms with E-state index < -0.39 is 0 Å². The lowest BCUT2D eigenvalue weighted by molar-refractivity contribution is -0.145. The molecule has 0 unspecified atom stereocenters. The second kappa shape index (κ2) is 6.37. The molecule has 0 spiro atoms. The van der Waals surface area contributed by atoms with Crippen molar-refractivity contribution in [3.05, 3.63) is 22.7 Å². The van der Waals surface area contributed by atoms with Crippen molar-refractivity contribution in [2.24, 2.45) is 0 Å². The van der Waals surface area contributed by atoms with Crippen LogP contribution in [-0.4, -0.2) is 26.3 Å². The molecule has 0 heterocycles. The van der Waals surface area contributed by atoms with E-state index in [4.69, 9.17) is 14.2 Å². The Bertz CT molecular complexity index is 365. The quantitative estimate of drug-likeness (QED) is 0.781. The maximum Gasteiger partial charge on any atom is 0.344 e. The van der Waals surface area contributed by atoms with Crippen LogP contribution in [-0.2, 0) is 9.53 Å². The number of esters is 1. The third kappa shape index (κ3) is 3.73. The summed E-state index contributed by atoms with van der Waals surface area (Å²) in [5.41, 5.74) is 0. The molecule has 0 fully saturated rings. The first-order chi connectivity index (χ1) is 7.67. The Hall–Kier alpha value is -1.23. The molecule has 0 saturated carbocycles. The summed E-state index contributed by atoms with van der Waals surface area (Å²) in [7, 11) is 1.56. The molecule has 0 amide bonds. The maximum atomic E-state index is 11.1.